The molecule has 21 heavy (non-hydrogen) atoms. The Hall–Kier alpha value is -1.10. The van der Waals surface area contributed by atoms with Gasteiger partial charge in [-0.3, -0.25) is 0 Å². The van der Waals surface area contributed by atoms with E-state index in [9.17, 15) is 5.11 Å². The molecule has 0 amide bonds. The Balaban J connectivity index is 2.36. The normalized spacial score (nSPS) is 21.7. The van der Waals surface area contributed by atoms with Crippen LogP contribution in [0.4, 0.5) is 0 Å². The van der Waals surface area contributed by atoms with Crippen LogP contribution in [0, 0.1) is 0 Å². The van der Waals surface area contributed by atoms with Gasteiger partial charge in [0.05, 0.1) is 16.8 Å². The first-order valence-electron chi connectivity index (χ1n) is 7.39. The van der Waals surface area contributed by atoms with Crippen molar-refractivity contribution in [3.05, 3.63) is 41.9 Å². The molecule has 3 nitrogen and oxygen atoms in total. The van der Waals surface area contributed by atoms with Gasteiger partial charge in [0.25, 0.3) is 0 Å². The van der Waals surface area contributed by atoms with E-state index in [2.05, 4.69) is 0 Å². The molecule has 0 saturated carbocycles. The molecule has 1 aliphatic rings. The maximum Gasteiger partial charge on any atom is 0.487 e. The average Bonchev–Trinajstić information content (AvgIpc) is 2.54. The summed E-state index contributed by atoms with van der Waals surface area (Å²) in [5, 5.41) is 10.5. The number of hydrogen-bond donors (Lipinski definition) is 1. The van der Waals surface area contributed by atoms with E-state index in [0.717, 1.165) is 11.1 Å². The van der Waals surface area contributed by atoms with Gasteiger partial charge in [0, 0.05) is 0 Å². The van der Waals surface area contributed by atoms with Crippen LogP contribution in [0.1, 0.15) is 47.1 Å². The van der Waals surface area contributed by atoms with Crippen molar-refractivity contribution in [2.75, 3.05) is 0 Å². The minimum atomic E-state index is -0.967. The minimum absolute atomic E-state index is 0.379. The first kappa shape index (κ1) is 16.3. The van der Waals surface area contributed by atoms with Crippen molar-refractivity contribution in [1.82, 2.24) is 0 Å². The highest BCUT2D eigenvalue weighted by Crippen LogP contribution is 2.38. The Labute approximate surface area is 128 Å². The van der Waals surface area contributed by atoms with Gasteiger partial charge in [-0.05, 0) is 58.7 Å². The molecule has 1 aromatic carbocycles. The van der Waals surface area contributed by atoms with Gasteiger partial charge in [-0.25, -0.2) is 0 Å². The predicted molar refractivity (Wildman–Crippen MR) is 86.8 cm³/mol. The molecule has 0 aromatic heterocycles. The van der Waals surface area contributed by atoms with Crippen molar-refractivity contribution in [2.24, 2.45) is 0 Å². The van der Waals surface area contributed by atoms with Gasteiger partial charge < -0.3 is 14.4 Å². The lowest BCUT2D eigenvalue weighted by molar-refractivity contribution is 0.00578. The zero-order chi connectivity index (χ0) is 15.9. The molecule has 2 rings (SSSR count). The fraction of sp³-hybridized carbons (Fsp3) is 0.529. The molecular weight excluding hydrogens is 263 g/mol. The second-order valence-corrected chi connectivity index (χ2v) is 7.13. The van der Waals surface area contributed by atoms with E-state index < -0.39 is 12.7 Å². The first-order chi connectivity index (χ1) is 9.53. The Kier molecular flexibility index (Phi) is 4.09. The van der Waals surface area contributed by atoms with Crippen LogP contribution >= 0.6 is 0 Å². The van der Waals surface area contributed by atoms with Gasteiger partial charge in [-0.15, -0.1) is 0 Å². The largest absolute Gasteiger partial charge is 0.487 e. The smallest absolute Gasteiger partial charge is 0.400 e. The van der Waals surface area contributed by atoms with Gasteiger partial charge in [-0.2, -0.15) is 0 Å². The molecule has 0 bridgehead atoms. The topological polar surface area (TPSA) is 38.7 Å². The molecule has 0 atom stereocenters. The van der Waals surface area contributed by atoms with Gasteiger partial charge in [0.2, 0.25) is 0 Å². The lowest BCUT2D eigenvalue weighted by Gasteiger charge is -2.32. The standard InChI is InChI=1S/C17H25BO3/c1-15(2,19)14(13-10-8-7-9-11-13)12-18-20-16(3,4)17(5,6)21-18/h7-12,19H,1-6H3/b14-12+. The van der Waals surface area contributed by atoms with Crippen LogP contribution in [0.2, 0.25) is 0 Å². The van der Waals surface area contributed by atoms with Crippen LogP contribution in [0.15, 0.2) is 36.3 Å². The van der Waals surface area contributed by atoms with Crippen molar-refractivity contribution in [1.29, 1.82) is 0 Å². The fourth-order valence-electron chi connectivity index (χ4n) is 2.36. The third-order valence-electron chi connectivity index (χ3n) is 4.32. The molecule has 0 aliphatic carbocycles. The summed E-state index contributed by atoms with van der Waals surface area (Å²) in [7, 11) is -0.461. The third kappa shape index (κ3) is 3.39. The molecule has 0 radical (unpaired) electrons. The Morgan fingerprint density at radius 1 is 1.05 bits per heavy atom. The van der Waals surface area contributed by atoms with E-state index in [1.54, 1.807) is 13.8 Å². The summed E-state index contributed by atoms with van der Waals surface area (Å²) in [4.78, 5) is 0. The predicted octanol–water partition coefficient (Wildman–Crippen LogP) is 3.47. The molecule has 0 unspecified atom stereocenters. The number of benzene rings is 1. The Morgan fingerprint density at radius 2 is 1.52 bits per heavy atom. The van der Waals surface area contributed by atoms with E-state index in [-0.39, 0.29) is 11.2 Å². The molecular formula is C17H25BO3. The quantitative estimate of drug-likeness (QED) is 0.865. The lowest BCUT2D eigenvalue weighted by atomic mass is 9.79. The summed E-state index contributed by atoms with van der Waals surface area (Å²) in [6, 6.07) is 9.84. The van der Waals surface area contributed by atoms with Crippen molar-refractivity contribution in [2.45, 2.75) is 58.3 Å². The summed E-state index contributed by atoms with van der Waals surface area (Å²) >= 11 is 0. The highest BCUT2D eigenvalue weighted by atomic mass is 16.7. The van der Waals surface area contributed by atoms with E-state index in [0.29, 0.717) is 0 Å². The average molecular weight is 288 g/mol. The number of rotatable bonds is 3. The summed E-state index contributed by atoms with van der Waals surface area (Å²) in [5.41, 5.74) is 0.0529. The van der Waals surface area contributed by atoms with Crippen molar-refractivity contribution in [3.8, 4) is 0 Å². The molecule has 1 heterocycles. The zero-order valence-corrected chi connectivity index (χ0v) is 13.8. The summed E-state index contributed by atoms with van der Waals surface area (Å²) in [6.07, 6.45) is 0. The highest BCUT2D eigenvalue weighted by molar-refractivity contribution is 6.53. The molecule has 0 spiro atoms. The SMILES string of the molecule is CC(C)(O)/C(=C/B1OC(C)(C)C(C)(C)O1)c1ccccc1. The van der Waals surface area contributed by atoms with Crippen LogP contribution in [0.5, 0.6) is 0 Å². The molecule has 4 heteroatoms. The third-order valence-corrected chi connectivity index (χ3v) is 4.32. The van der Waals surface area contributed by atoms with E-state index in [4.69, 9.17) is 9.31 Å². The van der Waals surface area contributed by atoms with Gasteiger partial charge in [-0.1, -0.05) is 30.3 Å². The van der Waals surface area contributed by atoms with E-state index in [1.807, 2.05) is 64.0 Å². The van der Waals surface area contributed by atoms with Crippen LogP contribution in [-0.2, 0) is 9.31 Å². The van der Waals surface area contributed by atoms with E-state index >= 15 is 0 Å². The van der Waals surface area contributed by atoms with Gasteiger partial charge >= 0.3 is 7.12 Å². The Bertz CT molecular complexity index is 511. The fourth-order valence-corrected chi connectivity index (χ4v) is 2.36. The summed E-state index contributed by atoms with van der Waals surface area (Å²) in [6.45, 7) is 11.6. The first-order valence-corrected chi connectivity index (χ1v) is 7.39. The van der Waals surface area contributed by atoms with Crippen molar-refractivity contribution in [3.63, 3.8) is 0 Å². The van der Waals surface area contributed by atoms with Crippen molar-refractivity contribution >= 4 is 12.7 Å². The summed E-state index contributed by atoms with van der Waals surface area (Å²) in [5.74, 6) is 1.88. The maximum absolute atomic E-state index is 10.5. The molecule has 1 saturated heterocycles. The monoisotopic (exact) mass is 288 g/mol. The van der Waals surface area contributed by atoms with Gasteiger partial charge in [0.15, 0.2) is 0 Å². The molecule has 1 N–H and O–H groups in total. The van der Waals surface area contributed by atoms with Crippen molar-refractivity contribution < 1.29 is 14.4 Å². The second-order valence-electron chi connectivity index (χ2n) is 7.13. The molecule has 1 aliphatic heterocycles. The lowest BCUT2D eigenvalue weighted by Crippen LogP contribution is -2.41. The minimum Gasteiger partial charge on any atom is -0.400 e. The Morgan fingerprint density at radius 3 is 1.95 bits per heavy atom. The highest BCUT2D eigenvalue weighted by Gasteiger charge is 2.50. The van der Waals surface area contributed by atoms with Crippen LogP contribution < -0.4 is 0 Å². The molecule has 1 aromatic rings. The molecule has 114 valence electrons. The number of hydrogen-bond acceptors (Lipinski definition) is 3. The van der Waals surface area contributed by atoms with Crippen LogP contribution in [0.3, 0.4) is 0 Å². The maximum atomic E-state index is 10.5. The molecule has 1 fully saturated rings. The zero-order valence-electron chi connectivity index (χ0n) is 13.8. The van der Waals surface area contributed by atoms with Crippen LogP contribution in [0.25, 0.3) is 5.57 Å². The van der Waals surface area contributed by atoms with Gasteiger partial charge in [0.1, 0.15) is 0 Å². The number of aliphatic hydroxyl groups is 1. The van der Waals surface area contributed by atoms with E-state index in [1.165, 1.54) is 0 Å². The second kappa shape index (κ2) is 5.27. The summed E-state index contributed by atoms with van der Waals surface area (Å²) < 4.78 is 12.0. The van der Waals surface area contributed by atoms with Crippen LogP contribution in [-0.4, -0.2) is 29.0 Å².